The zero-order valence-corrected chi connectivity index (χ0v) is 17.4. The molecule has 1 heterocycles. The molecule has 9 heteroatoms. The van der Waals surface area contributed by atoms with Crippen LogP contribution in [0.1, 0.15) is 20.8 Å². The molecule has 0 radical (unpaired) electrons. The summed E-state index contributed by atoms with van der Waals surface area (Å²) in [6.45, 7) is 7.41. The summed E-state index contributed by atoms with van der Waals surface area (Å²) in [6.07, 6.45) is 0. The number of nitrogens with one attached hydrogen (secondary N) is 2. The summed E-state index contributed by atoms with van der Waals surface area (Å²) in [4.78, 5) is 13.5. The number of carbonyl (C=O) groups excluding carboxylic acids is 1. The molecule has 1 amide bonds. The zero-order chi connectivity index (χ0) is 20.2. The number of benzene rings is 1. The predicted molar refractivity (Wildman–Crippen MR) is 103 cm³/mol. The molecule has 0 saturated carbocycles. The van der Waals surface area contributed by atoms with Crippen LogP contribution in [-0.2, 0) is 14.8 Å². The maximum Gasteiger partial charge on any atom is 0.276 e. The molecule has 7 nitrogen and oxygen atoms in total. The normalized spacial score (nSPS) is 18.7. The minimum atomic E-state index is -3.59. The van der Waals surface area contributed by atoms with E-state index in [-0.39, 0.29) is 23.3 Å². The lowest BCUT2D eigenvalue weighted by Gasteiger charge is -2.32. The van der Waals surface area contributed by atoms with E-state index in [1.807, 2.05) is 13.8 Å². The number of sulfonamides is 1. The standard InChI is InChI=1S/C18H25ClN4O3S/c1-14(2)18(3,13-20)21-17(24)12-22-7-9-23(10-8-22)27(25,26)16-6-4-5-15(19)11-16/h4-6,11,14H,7-10,12H2,1-3H3,(H,21,24)/p+1/t18-/m0/s1. The SMILES string of the molecule is CC(C)[C@](C)(C#N)NC(=O)C[NH+]1CCN(S(=O)(=O)c2cccc(Cl)c2)CC1. The molecule has 0 unspecified atom stereocenters. The Bertz CT molecular complexity index is 829. The summed E-state index contributed by atoms with van der Waals surface area (Å²) in [5.74, 6) is -0.213. The number of halogens is 1. The van der Waals surface area contributed by atoms with Gasteiger partial charge in [-0.15, -0.1) is 0 Å². The highest BCUT2D eigenvalue weighted by Gasteiger charge is 2.34. The van der Waals surface area contributed by atoms with Crippen LogP contribution in [0, 0.1) is 17.2 Å². The molecule has 0 aliphatic carbocycles. The van der Waals surface area contributed by atoms with Crippen LogP contribution < -0.4 is 10.2 Å². The molecule has 1 atom stereocenters. The molecule has 0 spiro atoms. The summed E-state index contributed by atoms with van der Waals surface area (Å²) >= 11 is 5.90. The Labute approximate surface area is 165 Å². The van der Waals surface area contributed by atoms with Crippen molar-refractivity contribution < 1.29 is 18.1 Å². The second kappa shape index (κ2) is 8.57. The van der Waals surface area contributed by atoms with Crippen molar-refractivity contribution in [2.45, 2.75) is 31.2 Å². The quantitative estimate of drug-likeness (QED) is 0.700. The van der Waals surface area contributed by atoms with E-state index in [9.17, 15) is 18.5 Å². The number of hydrogen-bond acceptors (Lipinski definition) is 4. The van der Waals surface area contributed by atoms with Crippen LogP contribution in [0.2, 0.25) is 5.02 Å². The van der Waals surface area contributed by atoms with Gasteiger partial charge in [-0.1, -0.05) is 31.5 Å². The van der Waals surface area contributed by atoms with E-state index in [0.29, 0.717) is 31.2 Å². The van der Waals surface area contributed by atoms with E-state index in [1.165, 1.54) is 16.4 Å². The number of amides is 1. The fourth-order valence-electron chi connectivity index (χ4n) is 2.86. The van der Waals surface area contributed by atoms with E-state index >= 15 is 0 Å². The zero-order valence-electron chi connectivity index (χ0n) is 15.8. The Kier molecular flexibility index (Phi) is 6.87. The Morgan fingerprint density at radius 2 is 2.04 bits per heavy atom. The second-order valence-corrected chi connectivity index (χ2v) is 9.68. The predicted octanol–water partition coefficient (Wildman–Crippen LogP) is 0.284. The molecule has 1 aliphatic rings. The first-order valence-electron chi connectivity index (χ1n) is 8.90. The maximum absolute atomic E-state index is 12.7. The van der Waals surface area contributed by atoms with Gasteiger partial charge in [0.1, 0.15) is 5.54 Å². The molecule has 1 saturated heterocycles. The first-order valence-corrected chi connectivity index (χ1v) is 10.7. The lowest BCUT2D eigenvalue weighted by molar-refractivity contribution is -0.895. The first-order chi connectivity index (χ1) is 12.6. The van der Waals surface area contributed by atoms with Crippen LogP contribution >= 0.6 is 11.6 Å². The van der Waals surface area contributed by atoms with Gasteiger partial charge >= 0.3 is 0 Å². The van der Waals surface area contributed by atoms with Gasteiger partial charge < -0.3 is 10.2 Å². The van der Waals surface area contributed by atoms with Crippen molar-refractivity contribution in [2.24, 2.45) is 5.92 Å². The molecular weight excluding hydrogens is 388 g/mol. The molecule has 1 aromatic carbocycles. The summed E-state index contributed by atoms with van der Waals surface area (Å²) in [6, 6.07) is 8.37. The molecule has 27 heavy (non-hydrogen) atoms. The molecular formula is C18H26ClN4O3S+. The smallest absolute Gasteiger partial charge is 0.276 e. The average molecular weight is 414 g/mol. The van der Waals surface area contributed by atoms with Gasteiger partial charge in [0.25, 0.3) is 5.91 Å². The average Bonchev–Trinajstić information content (AvgIpc) is 2.61. The van der Waals surface area contributed by atoms with Gasteiger partial charge in [0.15, 0.2) is 6.54 Å². The molecule has 1 fully saturated rings. The Hall–Kier alpha value is -1.66. The van der Waals surface area contributed by atoms with E-state index < -0.39 is 15.6 Å². The molecule has 1 aliphatic heterocycles. The number of nitrogens with zero attached hydrogens (tertiary/aromatic N) is 2. The maximum atomic E-state index is 12.7. The van der Waals surface area contributed by atoms with Crippen LogP contribution in [0.15, 0.2) is 29.2 Å². The van der Waals surface area contributed by atoms with Crippen LogP contribution in [0.4, 0.5) is 0 Å². The number of piperazine rings is 1. The monoisotopic (exact) mass is 413 g/mol. The van der Waals surface area contributed by atoms with Crippen molar-refractivity contribution in [3.05, 3.63) is 29.3 Å². The highest BCUT2D eigenvalue weighted by Crippen LogP contribution is 2.19. The van der Waals surface area contributed by atoms with E-state index in [0.717, 1.165) is 4.90 Å². The van der Waals surface area contributed by atoms with Crippen molar-refractivity contribution in [1.29, 1.82) is 5.26 Å². The van der Waals surface area contributed by atoms with Crippen LogP contribution in [-0.4, -0.2) is 56.9 Å². The minimum absolute atomic E-state index is 0.0128. The van der Waals surface area contributed by atoms with Gasteiger partial charge in [0, 0.05) is 5.02 Å². The number of hydrogen-bond donors (Lipinski definition) is 2. The molecule has 1 aromatic rings. The molecule has 148 valence electrons. The summed E-state index contributed by atoms with van der Waals surface area (Å²) < 4.78 is 26.8. The summed E-state index contributed by atoms with van der Waals surface area (Å²) in [7, 11) is -3.59. The van der Waals surface area contributed by atoms with Gasteiger partial charge in [-0.25, -0.2) is 8.42 Å². The topological polar surface area (TPSA) is 94.7 Å². The third-order valence-electron chi connectivity index (χ3n) is 5.06. The van der Waals surface area contributed by atoms with Gasteiger partial charge in [0.2, 0.25) is 10.0 Å². The number of rotatable bonds is 6. The third-order valence-corrected chi connectivity index (χ3v) is 7.19. The Morgan fingerprint density at radius 1 is 1.41 bits per heavy atom. The van der Waals surface area contributed by atoms with Gasteiger partial charge in [-0.3, -0.25) is 4.79 Å². The fourth-order valence-corrected chi connectivity index (χ4v) is 4.60. The van der Waals surface area contributed by atoms with E-state index in [2.05, 4.69) is 11.4 Å². The second-order valence-electron chi connectivity index (χ2n) is 7.31. The van der Waals surface area contributed by atoms with E-state index in [4.69, 9.17) is 11.6 Å². The van der Waals surface area contributed by atoms with Crippen molar-refractivity contribution in [3.8, 4) is 6.07 Å². The Balaban J connectivity index is 1.94. The van der Waals surface area contributed by atoms with Gasteiger partial charge in [-0.05, 0) is 31.0 Å². The van der Waals surface area contributed by atoms with Crippen molar-refractivity contribution in [1.82, 2.24) is 9.62 Å². The lowest BCUT2D eigenvalue weighted by atomic mass is 9.90. The van der Waals surface area contributed by atoms with Gasteiger partial charge in [-0.2, -0.15) is 9.57 Å². The molecule has 2 rings (SSSR count). The molecule has 2 N–H and O–H groups in total. The third kappa shape index (κ3) is 5.20. The van der Waals surface area contributed by atoms with Crippen LogP contribution in [0.3, 0.4) is 0 Å². The number of quaternary nitrogens is 1. The summed E-state index contributed by atoms with van der Waals surface area (Å²) in [5, 5.41) is 12.5. The van der Waals surface area contributed by atoms with E-state index in [1.54, 1.807) is 19.1 Å². The highest BCUT2D eigenvalue weighted by molar-refractivity contribution is 7.89. The lowest BCUT2D eigenvalue weighted by Crippen LogP contribution is -3.16. The Morgan fingerprint density at radius 3 is 2.56 bits per heavy atom. The van der Waals surface area contributed by atoms with Crippen LogP contribution in [0.25, 0.3) is 0 Å². The minimum Gasteiger partial charge on any atom is -0.333 e. The summed E-state index contributed by atoms with van der Waals surface area (Å²) in [5.41, 5.74) is -0.908. The molecule has 0 aromatic heterocycles. The van der Waals surface area contributed by atoms with Crippen molar-refractivity contribution >= 4 is 27.5 Å². The van der Waals surface area contributed by atoms with Crippen molar-refractivity contribution in [2.75, 3.05) is 32.7 Å². The van der Waals surface area contributed by atoms with Crippen molar-refractivity contribution in [3.63, 3.8) is 0 Å². The van der Waals surface area contributed by atoms with Gasteiger partial charge in [0.05, 0.1) is 37.1 Å². The number of carbonyl (C=O) groups is 1. The fraction of sp³-hybridized carbons (Fsp3) is 0.556. The highest BCUT2D eigenvalue weighted by atomic mass is 35.5. The molecule has 0 bridgehead atoms. The largest absolute Gasteiger partial charge is 0.333 e. The first kappa shape index (κ1) is 21.6. The van der Waals surface area contributed by atoms with Crippen LogP contribution in [0.5, 0.6) is 0 Å². The number of nitriles is 1.